The molecule has 84 valence electrons. The maximum absolute atomic E-state index is 5.65. The topological polar surface area (TPSA) is 50.9 Å². The minimum Gasteiger partial charge on any atom is -0.384 e. The minimum absolute atomic E-state index is 0.520. The van der Waals surface area contributed by atoms with E-state index >= 15 is 0 Å². The van der Waals surface area contributed by atoms with Gasteiger partial charge in [0.05, 0.1) is 0 Å². The van der Waals surface area contributed by atoms with E-state index in [-0.39, 0.29) is 0 Å². The second-order valence-corrected chi connectivity index (χ2v) is 4.41. The number of rotatable bonds is 6. The summed E-state index contributed by atoms with van der Waals surface area (Å²) in [6, 6.07) is 4.50. The van der Waals surface area contributed by atoms with Crippen LogP contribution in [0.3, 0.4) is 0 Å². The Kier molecular flexibility index (Phi) is 5.50. The van der Waals surface area contributed by atoms with Crippen molar-refractivity contribution < 1.29 is 0 Å². The van der Waals surface area contributed by atoms with Gasteiger partial charge in [0.1, 0.15) is 5.82 Å². The highest BCUT2D eigenvalue weighted by molar-refractivity contribution is 7.98. The van der Waals surface area contributed by atoms with Gasteiger partial charge >= 0.3 is 0 Å². The Morgan fingerprint density at radius 2 is 2.40 bits per heavy atom. The summed E-state index contributed by atoms with van der Waals surface area (Å²) in [6.45, 7) is 3.14. The zero-order valence-corrected chi connectivity index (χ0v) is 10.2. The number of hydrogen-bond acceptors (Lipinski definition) is 4. The number of hydrogen-bond donors (Lipinski definition) is 2. The number of nitrogens with two attached hydrogens (primary N) is 1. The van der Waals surface area contributed by atoms with E-state index in [4.69, 9.17) is 5.73 Å². The molecule has 0 aliphatic carbocycles. The molecule has 0 bridgehead atoms. The van der Waals surface area contributed by atoms with E-state index in [1.165, 1.54) is 5.56 Å². The maximum atomic E-state index is 5.65. The molecule has 3 N–H and O–H groups in total. The number of likely N-dealkylation sites (N-methyl/N-ethyl adjacent to an activating group) is 1. The number of nitrogen functional groups attached to an aromatic ring is 1. The molecule has 0 amide bonds. The summed E-state index contributed by atoms with van der Waals surface area (Å²) >= 11 is 1.86. The van der Waals surface area contributed by atoms with Crippen molar-refractivity contribution >= 4 is 17.6 Å². The normalized spacial score (nSPS) is 12.7. The molecular formula is C11H19N3S. The van der Waals surface area contributed by atoms with Crippen LogP contribution < -0.4 is 11.1 Å². The lowest BCUT2D eigenvalue weighted by molar-refractivity contribution is 0.573. The van der Waals surface area contributed by atoms with E-state index in [0.29, 0.717) is 11.9 Å². The van der Waals surface area contributed by atoms with Crippen molar-refractivity contribution in [2.75, 3.05) is 24.3 Å². The molecule has 1 unspecified atom stereocenters. The van der Waals surface area contributed by atoms with Gasteiger partial charge in [0.25, 0.3) is 0 Å². The molecule has 0 aromatic carbocycles. The van der Waals surface area contributed by atoms with Gasteiger partial charge in [-0.1, -0.05) is 6.92 Å². The first kappa shape index (κ1) is 12.3. The Morgan fingerprint density at radius 3 is 3.00 bits per heavy atom. The summed E-state index contributed by atoms with van der Waals surface area (Å²) in [5.41, 5.74) is 6.90. The first-order valence-corrected chi connectivity index (χ1v) is 6.58. The standard InChI is InChI=1S/C11H19N3S/c1-3-13-10(8-15-2)6-9-4-5-14-11(12)7-9/h4-5,7,10,13H,3,6,8H2,1-2H3,(H2,12,14). The van der Waals surface area contributed by atoms with E-state index in [1.807, 2.05) is 23.9 Å². The van der Waals surface area contributed by atoms with Crippen molar-refractivity contribution in [3.63, 3.8) is 0 Å². The molecule has 1 aromatic heterocycles. The lowest BCUT2D eigenvalue weighted by Crippen LogP contribution is -2.33. The second kappa shape index (κ2) is 6.69. The molecule has 1 aromatic rings. The highest BCUT2D eigenvalue weighted by Crippen LogP contribution is 2.08. The summed E-state index contributed by atoms with van der Waals surface area (Å²) in [5.74, 6) is 1.72. The van der Waals surface area contributed by atoms with Crippen LogP contribution in [-0.2, 0) is 6.42 Å². The molecule has 0 aliphatic heterocycles. The number of thioether (sulfide) groups is 1. The van der Waals surface area contributed by atoms with Crippen LogP contribution in [-0.4, -0.2) is 29.6 Å². The van der Waals surface area contributed by atoms with Crippen molar-refractivity contribution in [3.8, 4) is 0 Å². The second-order valence-electron chi connectivity index (χ2n) is 3.50. The first-order valence-electron chi connectivity index (χ1n) is 5.19. The van der Waals surface area contributed by atoms with Crippen molar-refractivity contribution in [2.45, 2.75) is 19.4 Å². The van der Waals surface area contributed by atoms with Crippen molar-refractivity contribution in [2.24, 2.45) is 0 Å². The minimum atomic E-state index is 0.520. The summed E-state index contributed by atoms with van der Waals surface area (Å²) in [5, 5.41) is 3.47. The van der Waals surface area contributed by atoms with Crippen LogP contribution in [0, 0.1) is 0 Å². The molecule has 0 saturated carbocycles. The van der Waals surface area contributed by atoms with Gasteiger partial charge in [-0.05, 0) is 36.9 Å². The third kappa shape index (κ3) is 4.53. The number of aromatic nitrogens is 1. The molecule has 1 heterocycles. The fourth-order valence-electron chi connectivity index (χ4n) is 1.59. The quantitative estimate of drug-likeness (QED) is 0.771. The Hall–Kier alpha value is -0.740. The molecule has 0 saturated heterocycles. The largest absolute Gasteiger partial charge is 0.384 e. The number of pyridine rings is 1. The molecule has 1 rings (SSSR count). The van der Waals surface area contributed by atoms with Crippen LogP contribution in [0.2, 0.25) is 0 Å². The number of nitrogens with one attached hydrogen (secondary N) is 1. The van der Waals surface area contributed by atoms with Gasteiger partial charge in [-0.2, -0.15) is 11.8 Å². The Morgan fingerprint density at radius 1 is 1.60 bits per heavy atom. The van der Waals surface area contributed by atoms with Gasteiger partial charge in [0.2, 0.25) is 0 Å². The number of nitrogens with zero attached hydrogens (tertiary/aromatic N) is 1. The molecule has 0 spiro atoms. The fourth-order valence-corrected chi connectivity index (χ4v) is 2.22. The van der Waals surface area contributed by atoms with Crippen molar-refractivity contribution in [3.05, 3.63) is 23.9 Å². The summed E-state index contributed by atoms with van der Waals surface area (Å²) in [4.78, 5) is 3.99. The third-order valence-corrected chi connectivity index (χ3v) is 2.92. The van der Waals surface area contributed by atoms with E-state index in [0.717, 1.165) is 18.7 Å². The molecule has 4 heteroatoms. The lowest BCUT2D eigenvalue weighted by atomic mass is 10.1. The molecule has 1 atom stereocenters. The van der Waals surface area contributed by atoms with Gasteiger partial charge in [-0.3, -0.25) is 0 Å². The average Bonchev–Trinajstić information content (AvgIpc) is 2.18. The predicted molar refractivity (Wildman–Crippen MR) is 68.2 cm³/mol. The SMILES string of the molecule is CCNC(CSC)Cc1ccnc(N)c1. The van der Waals surface area contributed by atoms with E-state index in [1.54, 1.807) is 6.20 Å². The smallest absolute Gasteiger partial charge is 0.123 e. The van der Waals surface area contributed by atoms with Crippen molar-refractivity contribution in [1.29, 1.82) is 0 Å². The number of anilines is 1. The predicted octanol–water partition coefficient (Wildman–Crippen LogP) is 1.55. The highest BCUT2D eigenvalue weighted by Gasteiger charge is 2.07. The lowest BCUT2D eigenvalue weighted by Gasteiger charge is -2.16. The highest BCUT2D eigenvalue weighted by atomic mass is 32.2. The van der Waals surface area contributed by atoms with Crippen LogP contribution in [0.1, 0.15) is 12.5 Å². The maximum Gasteiger partial charge on any atom is 0.123 e. The molecule has 3 nitrogen and oxygen atoms in total. The van der Waals surface area contributed by atoms with E-state index in [9.17, 15) is 0 Å². The van der Waals surface area contributed by atoms with Crippen LogP contribution >= 0.6 is 11.8 Å². The molecule has 15 heavy (non-hydrogen) atoms. The average molecular weight is 225 g/mol. The van der Waals surface area contributed by atoms with Crippen LogP contribution in [0.5, 0.6) is 0 Å². The Labute approximate surface area is 95.9 Å². The van der Waals surface area contributed by atoms with Gasteiger partial charge in [-0.25, -0.2) is 4.98 Å². The summed E-state index contributed by atoms with van der Waals surface area (Å²) < 4.78 is 0. The van der Waals surface area contributed by atoms with Crippen molar-refractivity contribution in [1.82, 2.24) is 10.3 Å². The summed E-state index contributed by atoms with van der Waals surface area (Å²) in [6.07, 6.45) is 4.92. The molecule has 0 fully saturated rings. The summed E-state index contributed by atoms with van der Waals surface area (Å²) in [7, 11) is 0. The molecule has 0 aliphatic rings. The Bertz CT molecular complexity index is 285. The van der Waals surface area contributed by atoms with Gasteiger partial charge in [0.15, 0.2) is 0 Å². The van der Waals surface area contributed by atoms with E-state index in [2.05, 4.69) is 23.5 Å². The fraction of sp³-hybridized carbons (Fsp3) is 0.545. The first-order chi connectivity index (χ1) is 7.26. The van der Waals surface area contributed by atoms with Crippen LogP contribution in [0.15, 0.2) is 18.3 Å². The van der Waals surface area contributed by atoms with Gasteiger partial charge in [0, 0.05) is 18.0 Å². The van der Waals surface area contributed by atoms with Gasteiger partial charge < -0.3 is 11.1 Å². The monoisotopic (exact) mass is 225 g/mol. The third-order valence-electron chi connectivity index (χ3n) is 2.19. The van der Waals surface area contributed by atoms with Crippen LogP contribution in [0.4, 0.5) is 5.82 Å². The Balaban J connectivity index is 2.56. The van der Waals surface area contributed by atoms with Gasteiger partial charge in [-0.15, -0.1) is 0 Å². The van der Waals surface area contributed by atoms with E-state index < -0.39 is 0 Å². The zero-order chi connectivity index (χ0) is 11.1. The molecular weight excluding hydrogens is 206 g/mol. The molecule has 0 radical (unpaired) electrons. The zero-order valence-electron chi connectivity index (χ0n) is 9.36. The van der Waals surface area contributed by atoms with Crippen LogP contribution in [0.25, 0.3) is 0 Å².